The Balaban J connectivity index is 1.53. The highest BCUT2D eigenvalue weighted by Crippen LogP contribution is 2.43. The van der Waals surface area contributed by atoms with Gasteiger partial charge >= 0.3 is 0 Å². The molecular formula is C17H24BrNO2. The minimum absolute atomic E-state index is 0.196. The van der Waals surface area contributed by atoms with Crippen molar-refractivity contribution in [2.45, 2.75) is 56.8 Å². The van der Waals surface area contributed by atoms with Crippen molar-refractivity contribution >= 4 is 15.9 Å². The molecule has 1 aromatic rings. The van der Waals surface area contributed by atoms with Crippen LogP contribution in [0.15, 0.2) is 22.7 Å². The van der Waals surface area contributed by atoms with E-state index in [-0.39, 0.29) is 11.7 Å². The molecule has 0 radical (unpaired) electrons. The molecule has 0 aromatic heterocycles. The lowest BCUT2D eigenvalue weighted by molar-refractivity contribution is -0.0509. The second-order valence-electron chi connectivity index (χ2n) is 6.27. The van der Waals surface area contributed by atoms with Crippen molar-refractivity contribution in [1.82, 2.24) is 5.32 Å². The van der Waals surface area contributed by atoms with Gasteiger partial charge in [-0.2, -0.15) is 0 Å². The average Bonchev–Trinajstić information content (AvgIpc) is 3.09. The van der Waals surface area contributed by atoms with Crippen LogP contribution in [-0.4, -0.2) is 25.4 Å². The molecule has 1 saturated carbocycles. The van der Waals surface area contributed by atoms with Crippen LogP contribution >= 0.6 is 15.9 Å². The number of benzene rings is 1. The zero-order valence-corrected chi connectivity index (χ0v) is 14.2. The number of halogens is 1. The molecule has 2 fully saturated rings. The molecule has 1 spiro atoms. The van der Waals surface area contributed by atoms with Gasteiger partial charge in [-0.25, -0.2) is 0 Å². The monoisotopic (exact) mass is 353 g/mol. The summed E-state index contributed by atoms with van der Waals surface area (Å²) < 4.78 is 13.3. The molecule has 21 heavy (non-hydrogen) atoms. The zero-order valence-electron chi connectivity index (χ0n) is 12.7. The Labute approximate surface area is 135 Å². The number of hydrogen-bond donors (Lipinski definition) is 1. The first-order chi connectivity index (χ1) is 10.2. The van der Waals surface area contributed by atoms with Gasteiger partial charge in [-0.15, -0.1) is 0 Å². The van der Waals surface area contributed by atoms with Crippen LogP contribution in [0.5, 0.6) is 5.75 Å². The minimum atomic E-state index is 0.196. The Morgan fingerprint density at radius 1 is 1.33 bits per heavy atom. The fourth-order valence-corrected chi connectivity index (χ4v) is 4.10. The predicted octanol–water partition coefficient (Wildman–Crippen LogP) is 4.04. The summed E-state index contributed by atoms with van der Waals surface area (Å²) in [5, 5.41) is 3.15. The summed E-state index contributed by atoms with van der Waals surface area (Å²) >= 11 is 3.59. The summed E-state index contributed by atoms with van der Waals surface area (Å²) in [6.45, 7) is 1.53. The highest BCUT2D eigenvalue weighted by atomic mass is 79.9. The number of rotatable bonds is 5. The van der Waals surface area contributed by atoms with Crippen molar-refractivity contribution < 1.29 is 9.47 Å². The van der Waals surface area contributed by atoms with Gasteiger partial charge in [0.15, 0.2) is 0 Å². The normalized spacial score (nSPS) is 23.8. The van der Waals surface area contributed by atoms with E-state index in [9.17, 15) is 0 Å². The van der Waals surface area contributed by atoms with Crippen LogP contribution in [0.3, 0.4) is 0 Å². The fraction of sp³-hybridized carbons (Fsp3) is 0.647. The molecule has 1 aliphatic heterocycles. The smallest absolute Gasteiger partial charge is 0.133 e. The van der Waals surface area contributed by atoms with E-state index in [0.717, 1.165) is 23.2 Å². The molecule has 1 aliphatic carbocycles. The molecule has 2 aliphatic rings. The van der Waals surface area contributed by atoms with Gasteiger partial charge in [0.05, 0.1) is 16.2 Å². The molecule has 3 rings (SSSR count). The highest BCUT2D eigenvalue weighted by molar-refractivity contribution is 9.10. The lowest BCUT2D eigenvalue weighted by atomic mass is 9.98. The van der Waals surface area contributed by atoms with Gasteiger partial charge in [0.1, 0.15) is 12.4 Å². The van der Waals surface area contributed by atoms with Crippen LogP contribution in [0.2, 0.25) is 0 Å². The Kier molecular flexibility index (Phi) is 4.87. The van der Waals surface area contributed by atoms with Gasteiger partial charge < -0.3 is 14.8 Å². The third-order valence-corrected chi connectivity index (χ3v) is 5.28. The number of ether oxygens (including phenoxy) is 2. The molecular weight excluding hydrogens is 330 g/mol. The van der Waals surface area contributed by atoms with Crippen molar-refractivity contribution in [3.8, 4) is 5.75 Å². The second-order valence-corrected chi connectivity index (χ2v) is 7.13. The first kappa shape index (κ1) is 15.3. The fourth-order valence-electron chi connectivity index (χ4n) is 3.56. The minimum Gasteiger partial charge on any atom is -0.490 e. The molecule has 0 bridgehead atoms. The number of nitrogens with one attached hydrogen (secondary N) is 1. The van der Waals surface area contributed by atoms with Crippen molar-refractivity contribution in [2.75, 3.05) is 13.7 Å². The molecule has 1 unspecified atom stereocenters. The van der Waals surface area contributed by atoms with E-state index in [1.807, 2.05) is 13.1 Å². The van der Waals surface area contributed by atoms with E-state index >= 15 is 0 Å². The standard InChI is InChI=1S/C17H24BrNO2/c1-19-11-13-4-5-16(15(18)10-13)20-12-14-6-9-17(21-14)7-2-3-8-17/h4-5,10,14,19H,2-3,6-9,11-12H2,1H3. The Bertz CT molecular complexity index is 486. The maximum absolute atomic E-state index is 6.28. The predicted molar refractivity (Wildman–Crippen MR) is 87.7 cm³/mol. The van der Waals surface area contributed by atoms with Gasteiger partial charge in [0, 0.05) is 6.54 Å². The Morgan fingerprint density at radius 3 is 2.86 bits per heavy atom. The third-order valence-electron chi connectivity index (χ3n) is 4.66. The van der Waals surface area contributed by atoms with E-state index in [4.69, 9.17) is 9.47 Å². The molecule has 3 nitrogen and oxygen atoms in total. The van der Waals surface area contributed by atoms with E-state index in [1.165, 1.54) is 37.7 Å². The Hall–Kier alpha value is -0.580. The van der Waals surface area contributed by atoms with Crippen LogP contribution in [0.25, 0.3) is 0 Å². The van der Waals surface area contributed by atoms with E-state index < -0.39 is 0 Å². The van der Waals surface area contributed by atoms with Crippen LogP contribution < -0.4 is 10.1 Å². The molecule has 4 heteroatoms. The first-order valence-electron chi connectivity index (χ1n) is 7.94. The largest absolute Gasteiger partial charge is 0.490 e. The SMILES string of the molecule is CNCc1ccc(OCC2CCC3(CCCC3)O2)c(Br)c1. The quantitative estimate of drug-likeness (QED) is 0.866. The van der Waals surface area contributed by atoms with Gasteiger partial charge in [-0.05, 0) is 66.4 Å². The lowest BCUT2D eigenvalue weighted by Gasteiger charge is -2.24. The van der Waals surface area contributed by atoms with Gasteiger partial charge in [-0.1, -0.05) is 18.9 Å². The maximum Gasteiger partial charge on any atom is 0.133 e. The van der Waals surface area contributed by atoms with Crippen LogP contribution in [0.1, 0.15) is 44.1 Å². The molecule has 1 saturated heterocycles. The molecule has 1 aromatic carbocycles. The van der Waals surface area contributed by atoms with Crippen molar-refractivity contribution in [2.24, 2.45) is 0 Å². The summed E-state index contributed by atoms with van der Waals surface area (Å²) in [6, 6.07) is 6.25. The summed E-state index contributed by atoms with van der Waals surface area (Å²) in [5.74, 6) is 0.908. The molecule has 0 amide bonds. The molecule has 1 heterocycles. The van der Waals surface area contributed by atoms with E-state index in [2.05, 4.69) is 33.4 Å². The van der Waals surface area contributed by atoms with Gasteiger partial charge in [-0.3, -0.25) is 0 Å². The number of hydrogen-bond acceptors (Lipinski definition) is 3. The van der Waals surface area contributed by atoms with Crippen LogP contribution in [-0.2, 0) is 11.3 Å². The zero-order chi connectivity index (χ0) is 14.7. The highest BCUT2D eigenvalue weighted by Gasteiger charge is 2.42. The maximum atomic E-state index is 6.28. The summed E-state index contributed by atoms with van der Waals surface area (Å²) in [6.07, 6.45) is 7.74. The van der Waals surface area contributed by atoms with E-state index in [1.54, 1.807) is 0 Å². The van der Waals surface area contributed by atoms with Gasteiger partial charge in [0.2, 0.25) is 0 Å². The molecule has 1 atom stereocenters. The first-order valence-corrected chi connectivity index (χ1v) is 8.74. The summed E-state index contributed by atoms with van der Waals surface area (Å²) in [7, 11) is 1.95. The van der Waals surface area contributed by atoms with Crippen molar-refractivity contribution in [3.05, 3.63) is 28.2 Å². The Morgan fingerprint density at radius 2 is 2.14 bits per heavy atom. The topological polar surface area (TPSA) is 30.5 Å². The summed E-state index contributed by atoms with van der Waals surface area (Å²) in [5.41, 5.74) is 1.45. The van der Waals surface area contributed by atoms with Crippen molar-refractivity contribution in [3.63, 3.8) is 0 Å². The molecule has 1 N–H and O–H groups in total. The lowest BCUT2D eigenvalue weighted by Crippen LogP contribution is -2.27. The van der Waals surface area contributed by atoms with E-state index in [0.29, 0.717) is 6.61 Å². The van der Waals surface area contributed by atoms with Crippen molar-refractivity contribution in [1.29, 1.82) is 0 Å². The molecule has 116 valence electrons. The third kappa shape index (κ3) is 3.61. The average molecular weight is 354 g/mol. The van der Waals surface area contributed by atoms with Crippen LogP contribution in [0, 0.1) is 0 Å². The van der Waals surface area contributed by atoms with Gasteiger partial charge in [0.25, 0.3) is 0 Å². The summed E-state index contributed by atoms with van der Waals surface area (Å²) in [4.78, 5) is 0. The van der Waals surface area contributed by atoms with Crippen LogP contribution in [0.4, 0.5) is 0 Å². The second kappa shape index (κ2) is 6.67.